The molecule has 2 aromatic rings. The molecule has 0 radical (unpaired) electrons. The first-order valence-electron chi connectivity index (χ1n) is 7.20. The van der Waals surface area contributed by atoms with Gasteiger partial charge in [0.15, 0.2) is 0 Å². The Bertz CT molecular complexity index is 638. The number of hydrogen-bond acceptors (Lipinski definition) is 5. The predicted molar refractivity (Wildman–Crippen MR) is 85.4 cm³/mol. The number of aromatic nitrogens is 1. The third-order valence-electron chi connectivity index (χ3n) is 3.26. The van der Waals surface area contributed by atoms with Crippen molar-refractivity contribution in [2.45, 2.75) is 27.3 Å². The van der Waals surface area contributed by atoms with Crippen LogP contribution in [0.1, 0.15) is 29.5 Å². The Hall–Kier alpha value is -2.56. The first kappa shape index (κ1) is 15.8. The van der Waals surface area contributed by atoms with E-state index in [2.05, 4.69) is 10.5 Å². The Kier molecular flexibility index (Phi) is 5.36. The van der Waals surface area contributed by atoms with Crippen LogP contribution in [0.5, 0.6) is 0 Å². The molecule has 0 unspecified atom stereocenters. The van der Waals surface area contributed by atoms with Gasteiger partial charge >= 0.3 is 5.97 Å². The van der Waals surface area contributed by atoms with Gasteiger partial charge in [0.05, 0.1) is 12.3 Å². The number of carbonyl (C=O) groups excluding carboxylic acids is 1. The van der Waals surface area contributed by atoms with Crippen LogP contribution in [0, 0.1) is 13.8 Å². The summed E-state index contributed by atoms with van der Waals surface area (Å²) in [5, 5.41) is 7.26. The van der Waals surface area contributed by atoms with Gasteiger partial charge in [-0.3, -0.25) is 0 Å². The van der Waals surface area contributed by atoms with Gasteiger partial charge in [0.25, 0.3) is 0 Å². The molecule has 0 fully saturated rings. The van der Waals surface area contributed by atoms with Crippen LogP contribution >= 0.6 is 0 Å². The largest absolute Gasteiger partial charge is 0.463 e. The summed E-state index contributed by atoms with van der Waals surface area (Å²) in [5.41, 5.74) is 3.91. The zero-order valence-electron chi connectivity index (χ0n) is 13.1. The van der Waals surface area contributed by atoms with Gasteiger partial charge in [-0.2, -0.15) is 0 Å². The lowest BCUT2D eigenvalue weighted by atomic mass is 10.1. The van der Waals surface area contributed by atoms with Gasteiger partial charge in [-0.25, -0.2) is 4.79 Å². The third-order valence-corrected chi connectivity index (χ3v) is 3.26. The van der Waals surface area contributed by atoms with E-state index in [9.17, 15) is 4.79 Å². The smallest absolute Gasteiger partial charge is 0.330 e. The highest BCUT2D eigenvalue weighted by Gasteiger charge is 2.07. The third kappa shape index (κ3) is 4.22. The number of ether oxygens (including phenoxy) is 1. The molecule has 22 heavy (non-hydrogen) atoms. The highest BCUT2D eigenvalue weighted by Crippen LogP contribution is 2.16. The molecule has 5 nitrogen and oxygen atoms in total. The van der Waals surface area contributed by atoms with Gasteiger partial charge < -0.3 is 14.6 Å². The lowest BCUT2D eigenvalue weighted by molar-refractivity contribution is -0.137. The van der Waals surface area contributed by atoms with Crippen molar-refractivity contribution in [2.75, 3.05) is 11.9 Å². The van der Waals surface area contributed by atoms with E-state index in [-0.39, 0.29) is 5.97 Å². The van der Waals surface area contributed by atoms with Crippen molar-refractivity contribution in [3.8, 4) is 0 Å². The number of nitrogens with zero attached hydrogens (tertiary/aromatic N) is 1. The van der Waals surface area contributed by atoms with Crippen molar-refractivity contribution < 1.29 is 14.1 Å². The minimum Gasteiger partial charge on any atom is -0.463 e. The van der Waals surface area contributed by atoms with Crippen LogP contribution in [0.4, 0.5) is 5.69 Å². The fourth-order valence-corrected chi connectivity index (χ4v) is 2.01. The van der Waals surface area contributed by atoms with Crippen LogP contribution in [-0.2, 0) is 16.1 Å². The van der Waals surface area contributed by atoms with Gasteiger partial charge in [0, 0.05) is 23.9 Å². The summed E-state index contributed by atoms with van der Waals surface area (Å²) in [4.78, 5) is 11.2. The highest BCUT2D eigenvalue weighted by molar-refractivity contribution is 5.87. The van der Waals surface area contributed by atoms with E-state index >= 15 is 0 Å². The summed E-state index contributed by atoms with van der Waals surface area (Å²) in [5.74, 6) is 0.502. The molecule has 1 aromatic heterocycles. The van der Waals surface area contributed by atoms with Gasteiger partial charge in [0.2, 0.25) is 0 Å². The molecule has 0 aliphatic rings. The van der Waals surface area contributed by atoms with E-state index in [0.29, 0.717) is 13.2 Å². The predicted octanol–water partition coefficient (Wildman–Crippen LogP) is 3.48. The van der Waals surface area contributed by atoms with Crippen LogP contribution in [0.15, 0.2) is 34.9 Å². The number of rotatable bonds is 6. The summed E-state index contributed by atoms with van der Waals surface area (Å²) < 4.78 is 9.97. The first-order valence-corrected chi connectivity index (χ1v) is 7.20. The number of aryl methyl sites for hydroxylation is 2. The van der Waals surface area contributed by atoms with E-state index in [4.69, 9.17) is 9.26 Å². The minimum atomic E-state index is -0.330. The molecule has 0 bridgehead atoms. The highest BCUT2D eigenvalue weighted by atomic mass is 16.5. The monoisotopic (exact) mass is 300 g/mol. The molecule has 0 aliphatic heterocycles. The van der Waals surface area contributed by atoms with Crippen molar-refractivity contribution in [3.63, 3.8) is 0 Å². The van der Waals surface area contributed by atoms with Crippen LogP contribution in [0.3, 0.4) is 0 Å². The molecule has 0 saturated carbocycles. The number of anilines is 1. The number of nitrogens with one attached hydrogen (secondary N) is 1. The summed E-state index contributed by atoms with van der Waals surface area (Å²) in [6.07, 6.45) is 3.16. The number of hydrogen-bond donors (Lipinski definition) is 1. The number of benzene rings is 1. The quantitative estimate of drug-likeness (QED) is 0.653. The Morgan fingerprint density at radius 1 is 1.32 bits per heavy atom. The van der Waals surface area contributed by atoms with Crippen LogP contribution < -0.4 is 5.32 Å². The van der Waals surface area contributed by atoms with Gasteiger partial charge in [0.1, 0.15) is 5.76 Å². The average molecular weight is 300 g/mol. The molecule has 0 amide bonds. The standard InChI is InChI=1S/C17H20N2O3/c1-4-21-17(20)10-7-14-5-8-15(9-6-14)18-11-16-12(2)19-22-13(16)3/h5-10,18H,4,11H2,1-3H3/b10-7+. The Labute approximate surface area is 130 Å². The molecule has 5 heteroatoms. The van der Waals surface area contributed by atoms with Crippen molar-refractivity contribution >= 4 is 17.7 Å². The van der Waals surface area contributed by atoms with E-state index < -0.39 is 0 Å². The summed E-state index contributed by atoms with van der Waals surface area (Å²) in [6, 6.07) is 7.79. The summed E-state index contributed by atoms with van der Waals surface area (Å²) in [6.45, 7) is 6.66. The lowest BCUT2D eigenvalue weighted by Crippen LogP contribution is -2.01. The molecular formula is C17H20N2O3. The summed E-state index contributed by atoms with van der Waals surface area (Å²) in [7, 11) is 0. The van der Waals surface area contributed by atoms with Crippen molar-refractivity contribution in [2.24, 2.45) is 0 Å². The van der Waals surface area contributed by atoms with Crippen LogP contribution in [0.2, 0.25) is 0 Å². The van der Waals surface area contributed by atoms with E-state index in [1.165, 1.54) is 6.08 Å². The zero-order valence-corrected chi connectivity index (χ0v) is 13.1. The van der Waals surface area contributed by atoms with E-state index in [1.54, 1.807) is 13.0 Å². The van der Waals surface area contributed by atoms with E-state index in [0.717, 1.165) is 28.3 Å². The van der Waals surface area contributed by atoms with Crippen LogP contribution in [-0.4, -0.2) is 17.7 Å². The Morgan fingerprint density at radius 3 is 2.64 bits per heavy atom. The molecule has 1 N–H and O–H groups in total. The fourth-order valence-electron chi connectivity index (χ4n) is 2.01. The normalized spacial score (nSPS) is 10.9. The molecule has 2 rings (SSSR count). The molecule has 1 aromatic carbocycles. The second kappa shape index (κ2) is 7.45. The maximum absolute atomic E-state index is 11.2. The number of carbonyl (C=O) groups is 1. The Balaban J connectivity index is 1.93. The maximum Gasteiger partial charge on any atom is 0.330 e. The minimum absolute atomic E-state index is 0.330. The fraction of sp³-hybridized carbons (Fsp3) is 0.294. The van der Waals surface area contributed by atoms with Crippen LogP contribution in [0.25, 0.3) is 6.08 Å². The molecule has 0 atom stereocenters. The van der Waals surface area contributed by atoms with Crippen molar-refractivity contribution in [1.82, 2.24) is 5.16 Å². The topological polar surface area (TPSA) is 64.4 Å². The average Bonchev–Trinajstić information content (AvgIpc) is 2.83. The van der Waals surface area contributed by atoms with Crippen molar-refractivity contribution in [3.05, 3.63) is 52.9 Å². The molecule has 116 valence electrons. The van der Waals surface area contributed by atoms with Gasteiger partial charge in [-0.15, -0.1) is 0 Å². The molecular weight excluding hydrogens is 280 g/mol. The van der Waals surface area contributed by atoms with E-state index in [1.807, 2.05) is 38.1 Å². The van der Waals surface area contributed by atoms with Gasteiger partial charge in [-0.1, -0.05) is 17.3 Å². The Morgan fingerprint density at radius 2 is 2.05 bits per heavy atom. The molecule has 0 saturated heterocycles. The second-order valence-electron chi connectivity index (χ2n) is 4.86. The lowest BCUT2D eigenvalue weighted by Gasteiger charge is -2.06. The van der Waals surface area contributed by atoms with Crippen molar-refractivity contribution in [1.29, 1.82) is 0 Å². The SMILES string of the molecule is CCOC(=O)/C=C/c1ccc(NCc2c(C)noc2C)cc1. The first-order chi connectivity index (χ1) is 10.6. The number of esters is 1. The van der Waals surface area contributed by atoms with Gasteiger partial charge in [-0.05, 0) is 44.5 Å². The maximum atomic E-state index is 11.2. The summed E-state index contributed by atoms with van der Waals surface area (Å²) >= 11 is 0. The molecule has 0 aliphatic carbocycles. The molecule has 1 heterocycles. The molecule has 0 spiro atoms. The second-order valence-corrected chi connectivity index (χ2v) is 4.86. The zero-order chi connectivity index (χ0) is 15.9.